The van der Waals surface area contributed by atoms with Crippen LogP contribution in [-0.4, -0.2) is 65.3 Å². The predicted molar refractivity (Wildman–Crippen MR) is 124 cm³/mol. The summed E-state index contributed by atoms with van der Waals surface area (Å²) in [6.45, 7) is 3.40. The van der Waals surface area contributed by atoms with E-state index in [1.165, 1.54) is 29.6 Å². The molecule has 14 heteroatoms. The number of aromatic nitrogens is 8. The topological polar surface area (TPSA) is 89.9 Å². The zero-order valence-electron chi connectivity index (χ0n) is 17.4. The van der Waals surface area contributed by atoms with E-state index in [0.717, 1.165) is 22.8 Å². The number of benzene rings is 1. The van der Waals surface area contributed by atoms with Crippen LogP contribution >= 0.6 is 47.5 Å². The summed E-state index contributed by atoms with van der Waals surface area (Å²) in [6.07, 6.45) is 0. The molecule has 0 fully saturated rings. The van der Waals surface area contributed by atoms with Crippen molar-refractivity contribution < 1.29 is 4.39 Å². The highest BCUT2D eigenvalue weighted by atomic mass is 35.5. The van der Waals surface area contributed by atoms with Crippen LogP contribution in [0.15, 0.2) is 39.6 Å². The Morgan fingerprint density at radius 3 is 2.75 bits per heavy atom. The number of hydrogen-bond donors (Lipinski definition) is 0. The van der Waals surface area contributed by atoms with E-state index in [4.69, 9.17) is 11.6 Å². The first-order chi connectivity index (χ1) is 14.9. The van der Waals surface area contributed by atoms with Gasteiger partial charge in [0.25, 0.3) is 5.78 Å². The van der Waals surface area contributed by atoms with Crippen molar-refractivity contribution in [1.82, 2.24) is 44.7 Å². The van der Waals surface area contributed by atoms with Crippen molar-refractivity contribution >= 4 is 53.3 Å². The first-order valence-corrected chi connectivity index (χ1v) is 11.5. The minimum atomic E-state index is -0.435. The molecule has 4 rings (SSSR count). The van der Waals surface area contributed by atoms with E-state index < -0.39 is 5.82 Å². The average molecular weight is 516 g/mol. The van der Waals surface area contributed by atoms with Crippen LogP contribution in [0.1, 0.15) is 11.3 Å². The van der Waals surface area contributed by atoms with E-state index in [2.05, 4.69) is 35.5 Å². The zero-order valence-corrected chi connectivity index (χ0v) is 20.6. The number of hydrogen-bond acceptors (Lipinski definition) is 9. The van der Waals surface area contributed by atoms with Crippen molar-refractivity contribution in [2.75, 3.05) is 20.6 Å². The Balaban J connectivity index is 0.00000289. The maximum absolute atomic E-state index is 13.4. The smallest absolute Gasteiger partial charge is 0.254 e. The largest absolute Gasteiger partial charge is 0.308 e. The molecule has 3 heterocycles. The van der Waals surface area contributed by atoms with Crippen molar-refractivity contribution in [2.24, 2.45) is 0 Å². The first kappa shape index (κ1) is 24.6. The molecule has 0 radical (unpaired) electrons. The maximum atomic E-state index is 13.4. The van der Waals surface area contributed by atoms with Crippen LogP contribution in [-0.2, 0) is 12.3 Å². The van der Waals surface area contributed by atoms with Crippen LogP contribution in [0.25, 0.3) is 5.78 Å². The third-order valence-electron chi connectivity index (χ3n) is 4.19. The lowest BCUT2D eigenvalue weighted by molar-refractivity contribution is 0.361. The lowest BCUT2D eigenvalue weighted by atomic mass is 10.2. The van der Waals surface area contributed by atoms with Gasteiger partial charge in [-0.2, -0.15) is 9.50 Å². The lowest BCUT2D eigenvalue weighted by Gasteiger charge is -2.10. The molecule has 0 saturated heterocycles. The first-order valence-electron chi connectivity index (χ1n) is 9.29. The summed E-state index contributed by atoms with van der Waals surface area (Å²) in [5.41, 5.74) is 1.70. The van der Waals surface area contributed by atoms with E-state index >= 15 is 0 Å². The van der Waals surface area contributed by atoms with Gasteiger partial charge in [-0.15, -0.1) is 22.6 Å². The number of fused-ring (bicyclic) bond motifs is 1. The van der Waals surface area contributed by atoms with Crippen LogP contribution in [0.5, 0.6) is 0 Å². The van der Waals surface area contributed by atoms with Crippen molar-refractivity contribution in [2.45, 2.75) is 34.6 Å². The van der Waals surface area contributed by atoms with Crippen LogP contribution in [0, 0.1) is 12.7 Å². The fourth-order valence-corrected chi connectivity index (χ4v) is 4.54. The molecule has 0 bridgehead atoms. The molecule has 0 aliphatic heterocycles. The van der Waals surface area contributed by atoms with Crippen LogP contribution in [0.3, 0.4) is 0 Å². The molecule has 0 atom stereocenters. The summed E-state index contributed by atoms with van der Waals surface area (Å²) in [7, 11) is 4.00. The molecule has 0 aliphatic carbocycles. The van der Waals surface area contributed by atoms with Gasteiger partial charge >= 0.3 is 0 Å². The van der Waals surface area contributed by atoms with Gasteiger partial charge in [-0.1, -0.05) is 29.4 Å². The summed E-state index contributed by atoms with van der Waals surface area (Å²) in [5.74, 6) is 0.617. The van der Waals surface area contributed by atoms with Gasteiger partial charge in [-0.3, -0.25) is 0 Å². The summed E-state index contributed by atoms with van der Waals surface area (Å²) < 4.78 is 16.8. The molecule has 0 unspecified atom stereocenters. The van der Waals surface area contributed by atoms with Gasteiger partial charge in [0.15, 0.2) is 0 Å². The second-order valence-electron chi connectivity index (χ2n) is 6.97. The predicted octanol–water partition coefficient (Wildman–Crippen LogP) is 3.64. The highest BCUT2D eigenvalue weighted by molar-refractivity contribution is 7.99. The zero-order chi connectivity index (χ0) is 22.0. The Hall–Kier alpha value is -1.99. The third-order valence-corrected chi connectivity index (χ3v) is 6.37. The minimum Gasteiger partial charge on any atom is -0.308 e. The van der Waals surface area contributed by atoms with Crippen LogP contribution < -0.4 is 0 Å². The Morgan fingerprint density at radius 2 is 2.00 bits per heavy atom. The van der Waals surface area contributed by atoms with E-state index in [1.807, 2.05) is 27.1 Å². The molecule has 4 aromatic rings. The molecule has 0 amide bonds. The third kappa shape index (κ3) is 5.87. The molecule has 3 aromatic heterocycles. The Morgan fingerprint density at radius 1 is 1.19 bits per heavy atom. The maximum Gasteiger partial charge on any atom is 0.254 e. The Kier molecular flexibility index (Phi) is 8.28. The molecule has 32 heavy (non-hydrogen) atoms. The minimum absolute atomic E-state index is 0. The number of halogens is 3. The number of rotatable bonds is 8. The Bertz CT molecular complexity index is 1210. The summed E-state index contributed by atoms with van der Waals surface area (Å²) >= 11 is 8.70. The van der Waals surface area contributed by atoms with E-state index in [1.54, 1.807) is 21.3 Å². The van der Waals surface area contributed by atoms with E-state index in [-0.39, 0.29) is 17.4 Å². The molecule has 1 aromatic carbocycles. The molecule has 170 valence electrons. The molecule has 0 aliphatic rings. The van der Waals surface area contributed by atoms with E-state index in [9.17, 15) is 4.39 Å². The van der Waals surface area contributed by atoms with Gasteiger partial charge in [0.1, 0.15) is 10.8 Å². The van der Waals surface area contributed by atoms with Crippen LogP contribution in [0.2, 0.25) is 5.02 Å². The quantitative estimate of drug-likeness (QED) is 0.257. The van der Waals surface area contributed by atoms with Crippen molar-refractivity contribution in [3.8, 4) is 0 Å². The number of thioether (sulfide) groups is 1. The number of tetrazole rings is 1. The van der Waals surface area contributed by atoms with Gasteiger partial charge in [0, 0.05) is 18.0 Å². The van der Waals surface area contributed by atoms with Gasteiger partial charge in [0.05, 0.1) is 11.6 Å². The summed E-state index contributed by atoms with van der Waals surface area (Å²) in [4.78, 5) is 11.1. The fraction of sp³-hybridized carbons (Fsp3) is 0.333. The Labute approximate surface area is 203 Å². The second-order valence-corrected chi connectivity index (χ2v) is 9.31. The lowest BCUT2D eigenvalue weighted by Crippen LogP contribution is -2.19. The second kappa shape index (κ2) is 10.8. The van der Waals surface area contributed by atoms with Crippen LogP contribution in [0.4, 0.5) is 4.39 Å². The molecule has 0 spiro atoms. The molecule has 9 nitrogen and oxygen atoms in total. The number of nitrogens with zero attached hydrogens (tertiary/aromatic N) is 9. The van der Waals surface area contributed by atoms with Gasteiger partial charge in [-0.25, -0.2) is 14.1 Å². The van der Waals surface area contributed by atoms with Crippen molar-refractivity contribution in [3.63, 3.8) is 0 Å². The number of likely N-dealkylation sites (N-methyl/N-ethyl adjacent to an activating group) is 1. The molecular formula is C18H20Cl2FN9S2. The van der Waals surface area contributed by atoms with Gasteiger partial charge in [-0.05, 0) is 67.0 Å². The average Bonchev–Trinajstić information content (AvgIpc) is 3.33. The number of aryl methyl sites for hydroxylation is 1. The SMILES string of the molecule is Cc1cc(Sc2nnnn2CCN(C)C)n2nc(SCc3ccc(F)c(Cl)c3)nc2n1.Cl. The fourth-order valence-electron chi connectivity index (χ4n) is 2.64. The summed E-state index contributed by atoms with van der Waals surface area (Å²) in [5, 5.41) is 18.7. The highest BCUT2D eigenvalue weighted by Crippen LogP contribution is 2.28. The molecule has 0 N–H and O–H groups in total. The summed E-state index contributed by atoms with van der Waals surface area (Å²) in [6, 6.07) is 6.58. The van der Waals surface area contributed by atoms with Gasteiger partial charge < -0.3 is 4.90 Å². The highest BCUT2D eigenvalue weighted by Gasteiger charge is 2.15. The van der Waals surface area contributed by atoms with E-state index in [0.29, 0.717) is 28.4 Å². The molecule has 0 saturated carbocycles. The molecular weight excluding hydrogens is 496 g/mol. The monoisotopic (exact) mass is 515 g/mol. The van der Waals surface area contributed by atoms with Gasteiger partial charge in [0.2, 0.25) is 10.3 Å². The normalized spacial score (nSPS) is 11.3. The van der Waals surface area contributed by atoms with Crippen molar-refractivity contribution in [1.29, 1.82) is 0 Å². The van der Waals surface area contributed by atoms with Crippen molar-refractivity contribution in [3.05, 3.63) is 46.4 Å². The standard InChI is InChI=1S/C18H19ClFN9S2.ClH/c1-11-8-15(31-18-23-25-26-28(18)7-6-27(2)3)29-16(21-11)22-17(24-29)30-10-12-4-5-14(20)13(19)9-12;/h4-5,8-9H,6-7,10H2,1-3H3;1H.